The molecule has 6 heteroatoms. The molecule has 1 nitrogen and oxygen atoms in total. The van der Waals surface area contributed by atoms with Crippen molar-refractivity contribution in [3.8, 4) is 11.3 Å². The van der Waals surface area contributed by atoms with Gasteiger partial charge < -0.3 is 24.8 Å². The van der Waals surface area contributed by atoms with Crippen molar-refractivity contribution < 1.29 is 50.9 Å². The Hall–Kier alpha value is -0.709. The first-order chi connectivity index (χ1) is 9.34. The van der Waals surface area contributed by atoms with Crippen LogP contribution in [0.1, 0.15) is 17.5 Å². The molecule has 0 atom stereocenters. The fourth-order valence-electron chi connectivity index (χ4n) is 2.36. The van der Waals surface area contributed by atoms with Crippen molar-refractivity contribution in [3.63, 3.8) is 0 Å². The number of nitrogens with zero attached hydrogens (tertiary/aromatic N) is 1. The average Bonchev–Trinajstić information content (AvgIpc) is 3.06. The topological polar surface area (TPSA) is 12.9 Å². The molecule has 0 fully saturated rings. The molecule has 0 radical (unpaired) electrons. The molecule has 0 amide bonds. The molecule has 0 bridgehead atoms. The molecule has 4 rings (SSSR count). The maximum absolute atomic E-state index is 11.7. The zero-order valence-corrected chi connectivity index (χ0v) is 16.3. The van der Waals surface area contributed by atoms with Gasteiger partial charge in [-0.15, -0.1) is 0 Å². The van der Waals surface area contributed by atoms with Gasteiger partial charge in [-0.25, -0.2) is 4.39 Å². The minimum absolute atomic E-state index is 0. The molecular formula is C17H14Cl2FNSiTi+6. The van der Waals surface area contributed by atoms with E-state index in [1.165, 1.54) is 22.8 Å². The van der Waals surface area contributed by atoms with Crippen molar-refractivity contribution in [3.05, 3.63) is 77.8 Å². The summed E-state index contributed by atoms with van der Waals surface area (Å²) in [6.45, 7) is 0. The SMILES string of the molecule is FC1=CCC=C1.[Cl-].[Cl-].[Si+4].[Ti+4].c1ccc2c(c1)Cc1cccnc1-2. The summed E-state index contributed by atoms with van der Waals surface area (Å²) < 4.78 is 11.7. The van der Waals surface area contributed by atoms with Gasteiger partial charge in [-0.05, 0) is 35.8 Å². The predicted octanol–water partition coefficient (Wildman–Crippen LogP) is -1.92. The summed E-state index contributed by atoms with van der Waals surface area (Å²) in [6.07, 6.45) is 8.47. The van der Waals surface area contributed by atoms with Crippen molar-refractivity contribution in [2.45, 2.75) is 12.8 Å². The Morgan fingerprint density at radius 1 is 0.957 bits per heavy atom. The van der Waals surface area contributed by atoms with Gasteiger partial charge in [0.2, 0.25) is 0 Å². The van der Waals surface area contributed by atoms with Crippen LogP contribution in [0, 0.1) is 0 Å². The van der Waals surface area contributed by atoms with E-state index in [2.05, 4.69) is 35.3 Å². The van der Waals surface area contributed by atoms with Crippen molar-refractivity contribution in [1.29, 1.82) is 0 Å². The van der Waals surface area contributed by atoms with Crippen LogP contribution in [-0.2, 0) is 28.1 Å². The Balaban J connectivity index is 0. The van der Waals surface area contributed by atoms with Crippen LogP contribution in [0.2, 0.25) is 0 Å². The third-order valence-corrected chi connectivity index (χ3v) is 3.27. The van der Waals surface area contributed by atoms with Crippen LogP contribution in [0.15, 0.2) is 66.6 Å². The molecule has 1 heterocycles. The van der Waals surface area contributed by atoms with Gasteiger partial charge in [-0.3, -0.25) is 4.98 Å². The van der Waals surface area contributed by atoms with Gasteiger partial charge in [0, 0.05) is 18.2 Å². The van der Waals surface area contributed by atoms with Crippen LogP contribution in [0.25, 0.3) is 11.3 Å². The number of allylic oxidation sites excluding steroid dienone is 4. The van der Waals surface area contributed by atoms with Crippen molar-refractivity contribution in [1.82, 2.24) is 4.98 Å². The van der Waals surface area contributed by atoms with Gasteiger partial charge >= 0.3 is 32.7 Å². The van der Waals surface area contributed by atoms with E-state index >= 15 is 0 Å². The van der Waals surface area contributed by atoms with E-state index in [1.807, 2.05) is 12.3 Å². The second-order valence-corrected chi connectivity index (χ2v) is 4.57. The van der Waals surface area contributed by atoms with Crippen molar-refractivity contribution >= 4 is 11.0 Å². The van der Waals surface area contributed by atoms with Gasteiger partial charge in [0.25, 0.3) is 0 Å². The van der Waals surface area contributed by atoms with Gasteiger partial charge in [0.15, 0.2) is 0 Å². The molecule has 0 unspecified atom stereocenters. The zero-order chi connectivity index (χ0) is 13.1. The molecule has 2 aliphatic carbocycles. The van der Waals surface area contributed by atoms with E-state index in [0.717, 1.165) is 18.5 Å². The van der Waals surface area contributed by atoms with Crippen LogP contribution in [0.3, 0.4) is 0 Å². The average molecular weight is 398 g/mol. The first kappa shape index (κ1) is 24.5. The fraction of sp³-hybridized carbons (Fsp3) is 0.118. The Labute approximate surface area is 168 Å². The monoisotopic (exact) mass is 397 g/mol. The van der Waals surface area contributed by atoms with Gasteiger partial charge in [-0.2, -0.15) is 0 Å². The normalized spacial score (nSPS) is 11.8. The summed E-state index contributed by atoms with van der Waals surface area (Å²) in [6, 6.07) is 12.6. The van der Waals surface area contributed by atoms with Crippen LogP contribution in [0.5, 0.6) is 0 Å². The van der Waals surface area contributed by atoms with Crippen LogP contribution < -0.4 is 24.8 Å². The van der Waals surface area contributed by atoms with E-state index in [4.69, 9.17) is 0 Å². The minimum atomic E-state index is -0.102. The molecule has 1 aromatic heterocycles. The van der Waals surface area contributed by atoms with Gasteiger partial charge in [-0.1, -0.05) is 36.4 Å². The molecule has 0 spiro atoms. The standard InChI is InChI=1S/C12H9N.C5H5F.2ClH.Si.Ti/c1-2-6-11-9(4-1)8-10-5-3-7-13-12(10)11;6-5-3-1-2-4-5;;;;/h1-7H,8H2;1,3-4H,2H2;2*1H;;/q;;;;2*+4/p-2. The number of rotatable bonds is 0. The first-order valence-electron chi connectivity index (χ1n) is 6.39. The van der Waals surface area contributed by atoms with E-state index in [0.29, 0.717) is 0 Å². The quantitative estimate of drug-likeness (QED) is 0.403. The summed E-state index contributed by atoms with van der Waals surface area (Å²) in [5.74, 6) is -0.102. The van der Waals surface area contributed by atoms with Crippen LogP contribution >= 0.6 is 0 Å². The van der Waals surface area contributed by atoms with E-state index in [-0.39, 0.29) is 63.3 Å². The zero-order valence-electron chi connectivity index (χ0n) is 12.3. The molecule has 0 saturated heterocycles. The molecule has 0 saturated carbocycles. The second-order valence-electron chi connectivity index (χ2n) is 4.57. The van der Waals surface area contributed by atoms with Gasteiger partial charge in [0.05, 0.1) is 5.69 Å². The number of benzene rings is 1. The maximum atomic E-state index is 11.7. The summed E-state index contributed by atoms with van der Waals surface area (Å²) in [4.78, 5) is 4.40. The number of aromatic nitrogens is 1. The third kappa shape index (κ3) is 6.02. The van der Waals surface area contributed by atoms with Crippen molar-refractivity contribution in [2.24, 2.45) is 0 Å². The van der Waals surface area contributed by atoms with Crippen LogP contribution in [-0.4, -0.2) is 15.9 Å². The molecule has 1 aromatic carbocycles. The van der Waals surface area contributed by atoms with E-state index < -0.39 is 0 Å². The number of hydrogen-bond donors (Lipinski definition) is 0. The molecule has 0 aliphatic heterocycles. The smallest absolute Gasteiger partial charge is 1.00 e. The summed E-state index contributed by atoms with van der Waals surface area (Å²) in [5.41, 5.74) is 5.22. The molecule has 23 heavy (non-hydrogen) atoms. The predicted molar refractivity (Wildman–Crippen MR) is 81.2 cm³/mol. The number of hydrogen-bond acceptors (Lipinski definition) is 1. The molecular weight excluding hydrogens is 384 g/mol. The third-order valence-electron chi connectivity index (χ3n) is 3.27. The Kier molecular flexibility index (Phi) is 12.6. The van der Waals surface area contributed by atoms with Gasteiger partial charge in [0.1, 0.15) is 5.83 Å². The molecule has 2 aromatic rings. The molecule has 0 N–H and O–H groups in total. The largest absolute Gasteiger partial charge is 4.00 e. The molecule has 110 valence electrons. The van der Waals surface area contributed by atoms with Crippen molar-refractivity contribution in [2.75, 3.05) is 0 Å². The van der Waals surface area contributed by atoms with E-state index in [1.54, 1.807) is 12.2 Å². The Morgan fingerprint density at radius 3 is 2.26 bits per heavy atom. The summed E-state index contributed by atoms with van der Waals surface area (Å²) >= 11 is 0. The van der Waals surface area contributed by atoms with Crippen LogP contribution in [0.4, 0.5) is 4.39 Å². The Bertz CT molecular complexity index is 631. The molecule has 2 aliphatic rings. The summed E-state index contributed by atoms with van der Waals surface area (Å²) in [5, 5.41) is 0. The maximum Gasteiger partial charge on any atom is 4.00 e. The number of halogens is 3. The number of fused-ring (bicyclic) bond motifs is 3. The van der Waals surface area contributed by atoms with E-state index in [9.17, 15) is 4.39 Å². The number of pyridine rings is 1. The summed E-state index contributed by atoms with van der Waals surface area (Å²) in [7, 11) is 0. The minimum Gasteiger partial charge on any atom is -1.00 e. The first-order valence-corrected chi connectivity index (χ1v) is 6.39. The Morgan fingerprint density at radius 2 is 1.65 bits per heavy atom. The fourth-order valence-corrected chi connectivity index (χ4v) is 2.36. The second kappa shape index (κ2) is 11.8.